The van der Waals surface area contributed by atoms with Crippen LogP contribution in [0.5, 0.6) is 0 Å². The van der Waals surface area contributed by atoms with Gasteiger partial charge in [-0.25, -0.2) is 9.97 Å². The first-order valence-electron chi connectivity index (χ1n) is 20.1. The minimum Gasteiger partial charge on any atom is -0.293 e. The van der Waals surface area contributed by atoms with Gasteiger partial charge in [-0.05, 0) is 99.1 Å². The number of hydrogen-bond donors (Lipinski definition) is 0. The lowest BCUT2D eigenvalue weighted by Gasteiger charge is -2.12. The molecule has 0 aliphatic carbocycles. The van der Waals surface area contributed by atoms with E-state index in [9.17, 15) is 0 Å². The van der Waals surface area contributed by atoms with Gasteiger partial charge in [0.1, 0.15) is 5.52 Å². The summed E-state index contributed by atoms with van der Waals surface area (Å²) >= 11 is 0. The van der Waals surface area contributed by atoms with Gasteiger partial charge in [-0.2, -0.15) is 0 Å². The average molecular weight is 610 g/mol. The minimum absolute atomic E-state index is 0.0530. The lowest BCUT2D eigenvalue weighted by molar-refractivity contribution is 1.14. The molecule has 0 amide bonds. The van der Waals surface area contributed by atoms with Crippen molar-refractivity contribution in [2.24, 2.45) is 0 Å². The summed E-state index contributed by atoms with van der Waals surface area (Å²) in [6, 6.07) is 32.3. The molecule has 9 rings (SSSR count). The lowest BCUT2D eigenvalue weighted by Crippen LogP contribution is -1.96. The Hall–Kier alpha value is -6.32. The highest BCUT2D eigenvalue weighted by Crippen LogP contribution is 2.37. The molecule has 0 saturated carbocycles. The van der Waals surface area contributed by atoms with Crippen molar-refractivity contribution in [2.75, 3.05) is 0 Å². The lowest BCUT2D eigenvalue weighted by atomic mass is 9.92. The standard InChI is InChI=1S/C44H29N3/c1-4-12-30(13-5-1)32-20-22-33(23-21-32)36-26-35(31-14-6-2-7-15-31)27-37(28-36)34-24-25-42-39(29-34)43-44(47(42)38-16-8-3-9-17-38)46-41-19-11-10-18-40(41)45-43/h1-29H/i2D,3D,6D,7D,8D,9D,14D,15D,16D,17D. The topological polar surface area (TPSA) is 30.7 Å². The maximum atomic E-state index is 8.84. The molecule has 0 saturated heterocycles. The van der Waals surface area contributed by atoms with Crippen LogP contribution in [0.15, 0.2) is 176 Å². The first kappa shape index (κ1) is 18.6. The molecule has 0 unspecified atom stereocenters. The van der Waals surface area contributed by atoms with Crippen molar-refractivity contribution in [3.63, 3.8) is 0 Å². The van der Waals surface area contributed by atoms with Gasteiger partial charge in [0, 0.05) is 11.1 Å². The van der Waals surface area contributed by atoms with Gasteiger partial charge < -0.3 is 0 Å². The van der Waals surface area contributed by atoms with E-state index in [2.05, 4.69) is 0 Å². The molecule has 47 heavy (non-hydrogen) atoms. The van der Waals surface area contributed by atoms with Crippen molar-refractivity contribution in [2.45, 2.75) is 0 Å². The van der Waals surface area contributed by atoms with Crippen molar-refractivity contribution < 1.29 is 13.7 Å². The molecular weight excluding hydrogens is 571 g/mol. The summed E-state index contributed by atoms with van der Waals surface area (Å²) in [5.41, 5.74) is 7.97. The van der Waals surface area contributed by atoms with Crippen LogP contribution in [-0.4, -0.2) is 14.5 Å². The predicted molar refractivity (Wildman–Crippen MR) is 196 cm³/mol. The van der Waals surface area contributed by atoms with Gasteiger partial charge in [0.05, 0.1) is 30.3 Å². The number of rotatable bonds is 5. The third-order valence-electron chi connectivity index (χ3n) is 8.35. The molecule has 0 bridgehead atoms. The Kier molecular flexibility index (Phi) is 4.45. The van der Waals surface area contributed by atoms with Crippen LogP contribution in [0.1, 0.15) is 13.7 Å². The molecule has 220 valence electrons. The molecule has 2 heterocycles. The third-order valence-corrected chi connectivity index (χ3v) is 8.35. The summed E-state index contributed by atoms with van der Waals surface area (Å²) in [6.45, 7) is 0. The molecule has 0 radical (unpaired) electrons. The first-order chi connectivity index (χ1) is 27.4. The van der Waals surface area contributed by atoms with Crippen molar-refractivity contribution in [3.8, 4) is 50.2 Å². The molecule has 0 fully saturated rings. The molecule has 0 spiro atoms. The molecule has 0 aliphatic heterocycles. The summed E-state index contributed by atoms with van der Waals surface area (Å²) in [6.07, 6.45) is 0. The van der Waals surface area contributed by atoms with Crippen LogP contribution in [0, 0.1) is 0 Å². The molecule has 7 aromatic carbocycles. The molecule has 0 atom stereocenters. The van der Waals surface area contributed by atoms with Crippen molar-refractivity contribution >= 4 is 33.1 Å². The molecule has 0 N–H and O–H groups in total. The number of fused-ring (bicyclic) bond motifs is 4. The van der Waals surface area contributed by atoms with Crippen LogP contribution in [0.25, 0.3) is 83.3 Å². The summed E-state index contributed by atoms with van der Waals surface area (Å²) in [4.78, 5) is 9.89. The maximum Gasteiger partial charge on any atom is 0.165 e. The van der Waals surface area contributed by atoms with Crippen molar-refractivity contribution in [1.29, 1.82) is 0 Å². The SMILES string of the molecule is [2H]c1c([2H])c([2H])c(-c2cc(-c3ccc(-c4ccccc4)cc3)cc(-c3ccc4c(c3)c3nc5ccccc5nc3n4-c3c([2H])c([2H])c([2H])c([2H])c3[2H])c2)c([2H])c1[2H]. The van der Waals surface area contributed by atoms with E-state index in [1.54, 1.807) is 22.8 Å². The highest BCUT2D eigenvalue weighted by Gasteiger charge is 2.17. The number of aromatic nitrogens is 3. The summed E-state index contributed by atoms with van der Waals surface area (Å²) in [5.74, 6) is 0. The van der Waals surface area contributed by atoms with Crippen LogP contribution in [0.2, 0.25) is 0 Å². The van der Waals surface area contributed by atoms with E-state index in [1.807, 2.05) is 97.1 Å². The van der Waals surface area contributed by atoms with Crippen molar-refractivity contribution in [3.05, 3.63) is 176 Å². The average Bonchev–Trinajstić information content (AvgIpc) is 3.55. The highest BCUT2D eigenvalue weighted by atomic mass is 15.1. The fourth-order valence-electron chi connectivity index (χ4n) is 6.11. The van der Waals surface area contributed by atoms with Crippen LogP contribution < -0.4 is 0 Å². The Morgan fingerprint density at radius 3 is 1.66 bits per heavy atom. The molecule has 9 aromatic rings. The minimum atomic E-state index is -0.502. The fraction of sp³-hybridized carbons (Fsp3) is 0. The quantitative estimate of drug-likeness (QED) is 0.194. The molecule has 3 heteroatoms. The second-order valence-corrected chi connectivity index (χ2v) is 11.2. The van der Waals surface area contributed by atoms with Gasteiger partial charge in [0.2, 0.25) is 0 Å². The second kappa shape index (κ2) is 11.2. The zero-order valence-corrected chi connectivity index (χ0v) is 24.8. The van der Waals surface area contributed by atoms with Gasteiger partial charge in [0.25, 0.3) is 0 Å². The maximum absolute atomic E-state index is 8.84. The van der Waals surface area contributed by atoms with E-state index in [0.29, 0.717) is 49.8 Å². The zero-order valence-electron chi connectivity index (χ0n) is 34.8. The Morgan fingerprint density at radius 1 is 0.426 bits per heavy atom. The molecular formula is C44H29N3. The summed E-state index contributed by atoms with van der Waals surface area (Å²) < 4.78 is 86.9. The summed E-state index contributed by atoms with van der Waals surface area (Å²) in [5, 5.41) is 0.606. The Bertz CT molecular complexity index is 3070. The van der Waals surface area contributed by atoms with E-state index in [1.165, 1.54) is 0 Å². The first-order valence-corrected chi connectivity index (χ1v) is 15.1. The number of nitrogens with zero attached hydrogens (tertiary/aromatic N) is 3. The second-order valence-electron chi connectivity index (χ2n) is 11.2. The number of hydrogen-bond acceptors (Lipinski definition) is 2. The monoisotopic (exact) mass is 609 g/mol. The molecule has 3 nitrogen and oxygen atoms in total. The van der Waals surface area contributed by atoms with E-state index in [-0.39, 0.29) is 35.4 Å². The largest absolute Gasteiger partial charge is 0.293 e. The highest BCUT2D eigenvalue weighted by molar-refractivity contribution is 6.09. The van der Waals surface area contributed by atoms with Gasteiger partial charge in [-0.15, -0.1) is 0 Å². The van der Waals surface area contributed by atoms with Gasteiger partial charge in [-0.1, -0.05) is 121 Å². The van der Waals surface area contributed by atoms with Crippen LogP contribution >= 0.6 is 0 Å². The van der Waals surface area contributed by atoms with E-state index >= 15 is 0 Å². The van der Waals surface area contributed by atoms with Gasteiger partial charge in [-0.3, -0.25) is 4.57 Å². The molecule has 0 aliphatic rings. The Labute approximate surface area is 287 Å². The van der Waals surface area contributed by atoms with Crippen LogP contribution in [-0.2, 0) is 0 Å². The zero-order chi connectivity index (χ0) is 39.9. The van der Waals surface area contributed by atoms with E-state index < -0.39 is 36.3 Å². The van der Waals surface area contributed by atoms with Gasteiger partial charge in [0.15, 0.2) is 5.65 Å². The number of para-hydroxylation sites is 3. The Morgan fingerprint density at radius 2 is 0.957 bits per heavy atom. The predicted octanol–water partition coefficient (Wildman–Crippen LogP) is 11.4. The third kappa shape index (κ3) is 4.86. The van der Waals surface area contributed by atoms with E-state index in [4.69, 9.17) is 23.7 Å². The smallest absolute Gasteiger partial charge is 0.165 e. The van der Waals surface area contributed by atoms with Gasteiger partial charge >= 0.3 is 0 Å². The van der Waals surface area contributed by atoms with E-state index in [0.717, 1.165) is 22.3 Å². The van der Waals surface area contributed by atoms with Crippen molar-refractivity contribution in [1.82, 2.24) is 14.5 Å². The Balaban J connectivity index is 1.31. The number of benzene rings is 7. The fourth-order valence-corrected chi connectivity index (χ4v) is 6.11. The van der Waals surface area contributed by atoms with Crippen LogP contribution in [0.3, 0.4) is 0 Å². The summed E-state index contributed by atoms with van der Waals surface area (Å²) in [7, 11) is 0. The van der Waals surface area contributed by atoms with Crippen LogP contribution in [0.4, 0.5) is 0 Å². The molecule has 2 aromatic heterocycles. The normalized spacial score (nSPS) is 14.4.